The van der Waals surface area contributed by atoms with Crippen molar-refractivity contribution in [3.63, 3.8) is 0 Å². The molecule has 4 atom stereocenters. The van der Waals surface area contributed by atoms with Crippen LogP contribution in [0.15, 0.2) is 0 Å². The Balaban J connectivity index is 2.20. The standard InChI is InChI=1S/C15H24O/c1-10-5-6-11-13(2,3)9-14(4)8-7-12(16)15(10,11)14/h10-11H,5-9H2,1-4H3/t10?,11-,14-,15?/m0/s1. The summed E-state index contributed by atoms with van der Waals surface area (Å²) in [5, 5.41) is 0. The van der Waals surface area contributed by atoms with E-state index in [-0.39, 0.29) is 5.41 Å². The third-order valence-corrected chi connectivity index (χ3v) is 6.37. The van der Waals surface area contributed by atoms with Crippen LogP contribution in [0.25, 0.3) is 0 Å². The second-order valence-corrected chi connectivity index (χ2v) is 7.55. The zero-order valence-corrected chi connectivity index (χ0v) is 11.1. The third-order valence-electron chi connectivity index (χ3n) is 6.37. The first-order valence-electron chi connectivity index (χ1n) is 6.88. The predicted molar refractivity (Wildman–Crippen MR) is 65.1 cm³/mol. The van der Waals surface area contributed by atoms with E-state index < -0.39 is 0 Å². The summed E-state index contributed by atoms with van der Waals surface area (Å²) in [5.41, 5.74) is 0.764. The Morgan fingerprint density at radius 1 is 1.19 bits per heavy atom. The number of Topliss-reactive ketones (excluding diaryl/α,β-unsaturated/α-hetero) is 1. The van der Waals surface area contributed by atoms with E-state index >= 15 is 0 Å². The lowest BCUT2D eigenvalue weighted by atomic mass is 9.61. The Morgan fingerprint density at radius 3 is 2.56 bits per heavy atom. The van der Waals surface area contributed by atoms with Gasteiger partial charge in [-0.15, -0.1) is 0 Å². The smallest absolute Gasteiger partial charge is 0.140 e. The summed E-state index contributed by atoms with van der Waals surface area (Å²) in [6.45, 7) is 9.53. The molecule has 1 nitrogen and oxygen atoms in total. The molecule has 0 N–H and O–H groups in total. The minimum absolute atomic E-state index is 0.0660. The quantitative estimate of drug-likeness (QED) is 0.606. The van der Waals surface area contributed by atoms with Crippen LogP contribution >= 0.6 is 0 Å². The van der Waals surface area contributed by atoms with E-state index in [0.29, 0.717) is 28.4 Å². The van der Waals surface area contributed by atoms with E-state index in [9.17, 15) is 4.79 Å². The first-order valence-corrected chi connectivity index (χ1v) is 6.88. The van der Waals surface area contributed by atoms with Crippen LogP contribution in [0.3, 0.4) is 0 Å². The largest absolute Gasteiger partial charge is 0.299 e. The maximum atomic E-state index is 12.6. The molecule has 1 spiro atoms. The van der Waals surface area contributed by atoms with E-state index in [1.807, 2.05) is 0 Å². The van der Waals surface area contributed by atoms with Crippen molar-refractivity contribution in [1.29, 1.82) is 0 Å². The molecule has 90 valence electrons. The van der Waals surface area contributed by atoms with Gasteiger partial charge in [0.05, 0.1) is 0 Å². The molecule has 0 aromatic carbocycles. The van der Waals surface area contributed by atoms with Crippen LogP contribution in [-0.4, -0.2) is 5.78 Å². The fraction of sp³-hybridized carbons (Fsp3) is 0.933. The average molecular weight is 220 g/mol. The highest BCUT2D eigenvalue weighted by Gasteiger charge is 2.73. The van der Waals surface area contributed by atoms with Gasteiger partial charge in [-0.2, -0.15) is 0 Å². The highest BCUT2D eigenvalue weighted by Crippen LogP contribution is 2.76. The molecule has 0 aromatic rings. The highest BCUT2D eigenvalue weighted by atomic mass is 16.1. The molecule has 3 saturated carbocycles. The first kappa shape index (κ1) is 10.8. The van der Waals surface area contributed by atoms with Crippen LogP contribution in [-0.2, 0) is 4.79 Å². The summed E-state index contributed by atoms with van der Waals surface area (Å²) >= 11 is 0. The fourth-order valence-electron chi connectivity index (χ4n) is 6.21. The highest BCUT2D eigenvalue weighted by molar-refractivity contribution is 5.90. The Kier molecular flexibility index (Phi) is 1.85. The van der Waals surface area contributed by atoms with Gasteiger partial charge in [0.25, 0.3) is 0 Å². The van der Waals surface area contributed by atoms with Gasteiger partial charge < -0.3 is 0 Å². The summed E-state index contributed by atoms with van der Waals surface area (Å²) in [6.07, 6.45) is 5.83. The van der Waals surface area contributed by atoms with E-state index in [1.54, 1.807) is 0 Å². The molecule has 0 saturated heterocycles. The normalized spacial score (nSPS) is 54.1. The zero-order chi connectivity index (χ0) is 11.8. The van der Waals surface area contributed by atoms with Gasteiger partial charge in [-0.05, 0) is 48.3 Å². The van der Waals surface area contributed by atoms with Gasteiger partial charge in [0.1, 0.15) is 5.78 Å². The van der Waals surface area contributed by atoms with E-state index in [4.69, 9.17) is 0 Å². The number of rotatable bonds is 0. The molecule has 0 aromatic heterocycles. The molecule has 3 aliphatic rings. The summed E-state index contributed by atoms with van der Waals surface area (Å²) in [6, 6.07) is 0. The van der Waals surface area contributed by atoms with Crippen molar-refractivity contribution in [1.82, 2.24) is 0 Å². The minimum Gasteiger partial charge on any atom is -0.299 e. The van der Waals surface area contributed by atoms with Gasteiger partial charge in [-0.25, -0.2) is 0 Å². The van der Waals surface area contributed by atoms with Crippen molar-refractivity contribution >= 4 is 5.78 Å². The SMILES string of the molecule is CC1CC[C@H]2C(C)(C)C[C@]3(C)CCC(=O)C123. The molecule has 1 heteroatoms. The van der Waals surface area contributed by atoms with Crippen molar-refractivity contribution in [2.45, 2.75) is 59.8 Å². The number of carbonyl (C=O) groups is 1. The van der Waals surface area contributed by atoms with Gasteiger partial charge in [0.15, 0.2) is 0 Å². The van der Waals surface area contributed by atoms with Gasteiger partial charge >= 0.3 is 0 Å². The van der Waals surface area contributed by atoms with E-state index in [1.165, 1.54) is 19.3 Å². The number of carbonyl (C=O) groups excluding carboxylic acids is 1. The van der Waals surface area contributed by atoms with Gasteiger partial charge in [-0.3, -0.25) is 4.79 Å². The maximum absolute atomic E-state index is 12.6. The molecule has 3 aliphatic carbocycles. The second kappa shape index (κ2) is 2.73. The van der Waals surface area contributed by atoms with Crippen LogP contribution in [0, 0.1) is 28.1 Å². The minimum atomic E-state index is 0.0660. The van der Waals surface area contributed by atoms with Gasteiger partial charge in [0.2, 0.25) is 0 Å². The van der Waals surface area contributed by atoms with Crippen LogP contribution in [0.5, 0.6) is 0 Å². The second-order valence-electron chi connectivity index (χ2n) is 7.55. The maximum Gasteiger partial charge on any atom is 0.140 e. The molecule has 0 heterocycles. The molecule has 0 amide bonds. The van der Waals surface area contributed by atoms with Gasteiger partial charge in [-0.1, -0.05) is 27.7 Å². The number of hydrogen-bond donors (Lipinski definition) is 0. The molecular formula is C15H24O. The van der Waals surface area contributed by atoms with Crippen molar-refractivity contribution in [3.8, 4) is 0 Å². The summed E-state index contributed by atoms with van der Waals surface area (Å²) < 4.78 is 0. The van der Waals surface area contributed by atoms with Crippen molar-refractivity contribution in [2.24, 2.45) is 28.1 Å². The monoisotopic (exact) mass is 220 g/mol. The summed E-state index contributed by atoms with van der Waals surface area (Å²) in [4.78, 5) is 12.6. The molecule has 2 unspecified atom stereocenters. The molecule has 0 aliphatic heterocycles. The number of ketones is 1. The Morgan fingerprint density at radius 2 is 1.88 bits per heavy atom. The topological polar surface area (TPSA) is 17.1 Å². The molecule has 0 radical (unpaired) electrons. The van der Waals surface area contributed by atoms with Crippen molar-refractivity contribution < 1.29 is 4.79 Å². The Hall–Kier alpha value is -0.330. The van der Waals surface area contributed by atoms with Crippen LogP contribution in [0.1, 0.15) is 59.8 Å². The predicted octanol–water partition coefficient (Wildman–Crippen LogP) is 3.82. The molecular weight excluding hydrogens is 196 g/mol. The summed E-state index contributed by atoms with van der Waals surface area (Å²) in [7, 11) is 0. The average Bonchev–Trinajstić information content (AvgIpc) is 2.68. The Bertz CT molecular complexity index is 356. The molecule has 0 bridgehead atoms. The zero-order valence-electron chi connectivity index (χ0n) is 11.1. The molecule has 16 heavy (non-hydrogen) atoms. The van der Waals surface area contributed by atoms with Crippen LogP contribution in [0.4, 0.5) is 0 Å². The van der Waals surface area contributed by atoms with Gasteiger partial charge in [0, 0.05) is 11.8 Å². The Labute approximate surface area is 99.0 Å². The van der Waals surface area contributed by atoms with E-state index in [0.717, 1.165) is 12.8 Å². The number of hydrogen-bond acceptors (Lipinski definition) is 1. The lowest BCUT2D eigenvalue weighted by Gasteiger charge is -2.40. The summed E-state index contributed by atoms with van der Waals surface area (Å²) in [5.74, 6) is 1.89. The van der Waals surface area contributed by atoms with Crippen LogP contribution in [0.2, 0.25) is 0 Å². The molecule has 3 rings (SSSR count). The van der Waals surface area contributed by atoms with Crippen molar-refractivity contribution in [3.05, 3.63) is 0 Å². The third kappa shape index (κ3) is 0.889. The fourth-order valence-corrected chi connectivity index (χ4v) is 6.21. The lowest BCUT2D eigenvalue weighted by Crippen LogP contribution is -2.42. The van der Waals surface area contributed by atoms with Crippen molar-refractivity contribution in [2.75, 3.05) is 0 Å². The lowest BCUT2D eigenvalue weighted by molar-refractivity contribution is -0.133. The van der Waals surface area contributed by atoms with Crippen LogP contribution < -0.4 is 0 Å². The first-order chi connectivity index (χ1) is 7.34. The molecule has 3 fully saturated rings. The van der Waals surface area contributed by atoms with E-state index in [2.05, 4.69) is 27.7 Å².